The monoisotopic (exact) mass is 436 g/mol. The number of amides is 1. The number of carbonyl (C=O) groups is 1. The average Bonchev–Trinajstić information content (AvgIpc) is 3.17. The number of hydrogen-bond donors (Lipinski definition) is 2. The zero-order chi connectivity index (χ0) is 21.8. The number of ether oxygens (including phenoxy) is 1. The Balaban J connectivity index is 1.75. The molecule has 31 heavy (non-hydrogen) atoms. The van der Waals surface area contributed by atoms with Crippen molar-refractivity contribution in [2.75, 3.05) is 23.0 Å². The lowest BCUT2D eigenvalue weighted by atomic mass is 9.96. The highest BCUT2D eigenvalue weighted by atomic mass is 32.2. The number of pyridine rings is 1. The van der Waals surface area contributed by atoms with Gasteiger partial charge in [-0.15, -0.1) is 5.10 Å². The second-order valence-electron chi connectivity index (χ2n) is 6.83. The SMILES string of the molecule is CCOc1ccccc1NC(=O)C1=C(C)Nc2nc(SCC)nn2C1c1cccnc1. The first-order valence-electron chi connectivity index (χ1n) is 10.1. The summed E-state index contributed by atoms with van der Waals surface area (Å²) in [6.07, 6.45) is 3.46. The number of rotatable bonds is 7. The predicted molar refractivity (Wildman–Crippen MR) is 121 cm³/mol. The molecule has 0 saturated carbocycles. The molecule has 0 bridgehead atoms. The number of para-hydroxylation sites is 2. The number of nitrogens with zero attached hydrogens (tertiary/aromatic N) is 4. The minimum Gasteiger partial charge on any atom is -0.492 e. The summed E-state index contributed by atoms with van der Waals surface area (Å²) in [5.41, 5.74) is 2.73. The van der Waals surface area contributed by atoms with Crippen LogP contribution in [0.3, 0.4) is 0 Å². The largest absolute Gasteiger partial charge is 0.492 e. The summed E-state index contributed by atoms with van der Waals surface area (Å²) in [6.45, 7) is 6.34. The van der Waals surface area contributed by atoms with Crippen molar-refractivity contribution in [3.05, 3.63) is 65.6 Å². The fourth-order valence-corrected chi connectivity index (χ4v) is 4.06. The third-order valence-corrected chi connectivity index (χ3v) is 5.51. The zero-order valence-electron chi connectivity index (χ0n) is 17.6. The molecular weight excluding hydrogens is 412 g/mol. The molecule has 1 aliphatic rings. The van der Waals surface area contributed by atoms with Crippen LogP contribution in [0.25, 0.3) is 0 Å². The summed E-state index contributed by atoms with van der Waals surface area (Å²) in [6, 6.07) is 10.7. The number of aromatic nitrogens is 4. The Kier molecular flexibility index (Phi) is 6.22. The second kappa shape index (κ2) is 9.22. The number of thioether (sulfide) groups is 1. The van der Waals surface area contributed by atoms with Crippen LogP contribution in [0.5, 0.6) is 5.75 Å². The molecular formula is C22H24N6O2S. The van der Waals surface area contributed by atoms with E-state index >= 15 is 0 Å². The molecule has 160 valence electrons. The van der Waals surface area contributed by atoms with Crippen molar-refractivity contribution < 1.29 is 9.53 Å². The van der Waals surface area contributed by atoms with Crippen LogP contribution in [0.1, 0.15) is 32.4 Å². The third kappa shape index (κ3) is 4.27. The van der Waals surface area contributed by atoms with Crippen LogP contribution in [-0.4, -0.2) is 38.0 Å². The van der Waals surface area contributed by atoms with Gasteiger partial charge in [0, 0.05) is 18.1 Å². The van der Waals surface area contributed by atoms with Gasteiger partial charge in [0.25, 0.3) is 5.91 Å². The van der Waals surface area contributed by atoms with Crippen LogP contribution < -0.4 is 15.4 Å². The minimum absolute atomic E-state index is 0.239. The number of anilines is 2. The molecule has 0 fully saturated rings. The molecule has 3 aromatic rings. The van der Waals surface area contributed by atoms with Crippen molar-refractivity contribution in [3.8, 4) is 5.75 Å². The number of allylic oxidation sites excluding steroid dienone is 1. The van der Waals surface area contributed by atoms with E-state index < -0.39 is 6.04 Å². The predicted octanol–water partition coefficient (Wildman–Crippen LogP) is 4.11. The van der Waals surface area contributed by atoms with Gasteiger partial charge in [0.15, 0.2) is 0 Å². The molecule has 8 nitrogen and oxygen atoms in total. The standard InChI is InChI=1S/C22H24N6O2S/c1-4-30-17-11-7-6-10-16(17)25-20(29)18-14(3)24-21-26-22(31-5-2)27-28(21)19(18)15-9-8-12-23-13-15/h6-13,19H,4-5H2,1-3H3,(H,25,29)(H,24,26,27). The molecule has 1 unspecified atom stereocenters. The lowest BCUT2D eigenvalue weighted by Crippen LogP contribution is -2.31. The number of nitrogens with one attached hydrogen (secondary N) is 2. The number of benzene rings is 1. The molecule has 1 aromatic carbocycles. The Bertz CT molecular complexity index is 1110. The van der Waals surface area contributed by atoms with E-state index in [1.54, 1.807) is 28.8 Å². The molecule has 2 N–H and O–H groups in total. The highest BCUT2D eigenvalue weighted by Gasteiger charge is 2.34. The highest BCUT2D eigenvalue weighted by molar-refractivity contribution is 7.99. The van der Waals surface area contributed by atoms with Gasteiger partial charge in [-0.3, -0.25) is 9.78 Å². The Morgan fingerprint density at radius 3 is 2.84 bits per heavy atom. The highest BCUT2D eigenvalue weighted by Crippen LogP contribution is 2.37. The zero-order valence-corrected chi connectivity index (χ0v) is 18.4. The van der Waals surface area contributed by atoms with Crippen molar-refractivity contribution in [1.82, 2.24) is 19.7 Å². The summed E-state index contributed by atoms with van der Waals surface area (Å²) >= 11 is 1.55. The molecule has 1 atom stereocenters. The maximum atomic E-state index is 13.5. The van der Waals surface area contributed by atoms with Crippen LogP contribution in [0.15, 0.2) is 65.2 Å². The van der Waals surface area contributed by atoms with Gasteiger partial charge in [0.1, 0.15) is 11.8 Å². The fraction of sp³-hybridized carbons (Fsp3) is 0.273. The Morgan fingerprint density at radius 1 is 1.26 bits per heavy atom. The molecule has 3 heterocycles. The van der Waals surface area contributed by atoms with Gasteiger partial charge < -0.3 is 15.4 Å². The normalized spacial score (nSPS) is 15.3. The lowest BCUT2D eigenvalue weighted by Gasteiger charge is -2.28. The first-order valence-corrected chi connectivity index (χ1v) is 11.1. The van der Waals surface area contributed by atoms with Crippen LogP contribution in [0.2, 0.25) is 0 Å². The molecule has 1 aliphatic heterocycles. The Labute approximate surface area is 185 Å². The van der Waals surface area contributed by atoms with Gasteiger partial charge in [-0.1, -0.05) is 36.9 Å². The smallest absolute Gasteiger partial charge is 0.255 e. The van der Waals surface area contributed by atoms with Crippen LogP contribution in [0, 0.1) is 0 Å². The number of carbonyl (C=O) groups excluding carboxylic acids is 1. The first kappa shape index (κ1) is 20.9. The third-order valence-electron chi connectivity index (χ3n) is 4.79. The summed E-state index contributed by atoms with van der Waals surface area (Å²) in [5.74, 6) is 1.85. The second-order valence-corrected chi connectivity index (χ2v) is 8.06. The van der Waals surface area contributed by atoms with Gasteiger partial charge in [0.2, 0.25) is 11.1 Å². The minimum atomic E-state index is -0.456. The molecule has 4 rings (SSSR count). The molecule has 0 spiro atoms. The van der Waals surface area contributed by atoms with E-state index in [1.807, 2.05) is 50.2 Å². The first-order chi connectivity index (χ1) is 15.1. The van der Waals surface area contributed by atoms with E-state index in [2.05, 4.69) is 32.6 Å². The van der Waals surface area contributed by atoms with Gasteiger partial charge in [0.05, 0.1) is 17.9 Å². The maximum Gasteiger partial charge on any atom is 0.255 e. The average molecular weight is 437 g/mol. The van der Waals surface area contributed by atoms with E-state index in [0.29, 0.717) is 40.4 Å². The molecule has 0 aliphatic carbocycles. The summed E-state index contributed by atoms with van der Waals surface area (Å²) in [5, 5.41) is 11.6. The van der Waals surface area contributed by atoms with E-state index in [-0.39, 0.29) is 5.91 Å². The quantitative estimate of drug-likeness (QED) is 0.538. The maximum absolute atomic E-state index is 13.5. The van der Waals surface area contributed by atoms with Crippen LogP contribution in [0.4, 0.5) is 11.6 Å². The van der Waals surface area contributed by atoms with E-state index in [9.17, 15) is 4.79 Å². The van der Waals surface area contributed by atoms with E-state index in [4.69, 9.17) is 4.74 Å². The molecule has 1 amide bonds. The van der Waals surface area contributed by atoms with Crippen molar-refractivity contribution >= 4 is 29.3 Å². The topological polar surface area (TPSA) is 94.0 Å². The van der Waals surface area contributed by atoms with Gasteiger partial charge in [-0.05, 0) is 43.4 Å². The van der Waals surface area contributed by atoms with Crippen LogP contribution in [-0.2, 0) is 4.79 Å². The Morgan fingerprint density at radius 2 is 2.10 bits per heavy atom. The van der Waals surface area contributed by atoms with Gasteiger partial charge in [-0.2, -0.15) is 4.98 Å². The van der Waals surface area contributed by atoms with Crippen molar-refractivity contribution in [3.63, 3.8) is 0 Å². The fourth-order valence-electron chi connectivity index (χ4n) is 3.50. The molecule has 0 saturated heterocycles. The van der Waals surface area contributed by atoms with E-state index in [1.165, 1.54) is 0 Å². The van der Waals surface area contributed by atoms with Crippen molar-refractivity contribution in [2.45, 2.75) is 32.0 Å². The van der Waals surface area contributed by atoms with Gasteiger partial charge in [-0.25, -0.2) is 4.68 Å². The molecule has 9 heteroatoms. The molecule has 2 aromatic heterocycles. The van der Waals surface area contributed by atoms with E-state index in [0.717, 1.165) is 11.3 Å². The van der Waals surface area contributed by atoms with Crippen molar-refractivity contribution in [2.24, 2.45) is 0 Å². The van der Waals surface area contributed by atoms with Gasteiger partial charge >= 0.3 is 0 Å². The lowest BCUT2D eigenvalue weighted by molar-refractivity contribution is -0.113. The summed E-state index contributed by atoms with van der Waals surface area (Å²) < 4.78 is 7.42. The van der Waals surface area contributed by atoms with Crippen molar-refractivity contribution in [1.29, 1.82) is 0 Å². The summed E-state index contributed by atoms with van der Waals surface area (Å²) in [7, 11) is 0. The Hall–Kier alpha value is -3.33. The summed E-state index contributed by atoms with van der Waals surface area (Å²) in [4.78, 5) is 22.3. The van der Waals surface area contributed by atoms with Crippen LogP contribution >= 0.6 is 11.8 Å². The number of fused-ring (bicyclic) bond motifs is 1. The molecule has 0 radical (unpaired) electrons. The number of hydrogen-bond acceptors (Lipinski definition) is 7.